The second-order valence-corrected chi connectivity index (χ2v) is 6.51. The second kappa shape index (κ2) is 6.49. The molecule has 0 spiro atoms. The van der Waals surface area contributed by atoms with Crippen molar-refractivity contribution in [1.82, 2.24) is 4.90 Å². The van der Waals surface area contributed by atoms with E-state index in [9.17, 15) is 4.79 Å². The van der Waals surface area contributed by atoms with Gasteiger partial charge in [0, 0.05) is 11.9 Å². The largest absolute Gasteiger partial charge is 0.324 e. The smallest absolute Gasteiger partial charge is 0.238 e. The molecule has 1 aliphatic rings. The summed E-state index contributed by atoms with van der Waals surface area (Å²) < 4.78 is 0. The Kier molecular flexibility index (Phi) is 4.44. The fourth-order valence-corrected chi connectivity index (χ4v) is 3.36. The highest BCUT2D eigenvalue weighted by atomic mass is 16.2. The lowest BCUT2D eigenvalue weighted by Gasteiger charge is -2.30. The molecule has 1 saturated heterocycles. The SMILES string of the molecule is Cc1ccc2ccccc2c1NC(=O)CN1CCCC(C)C1. The zero-order chi connectivity index (χ0) is 15.5. The number of hydrogen-bond donors (Lipinski definition) is 1. The second-order valence-electron chi connectivity index (χ2n) is 6.51. The number of amides is 1. The van der Waals surface area contributed by atoms with E-state index in [0.717, 1.165) is 35.1 Å². The lowest BCUT2D eigenvalue weighted by Crippen LogP contribution is -2.39. The lowest BCUT2D eigenvalue weighted by atomic mass is 10.0. The molecule has 1 fully saturated rings. The third-order valence-electron chi connectivity index (χ3n) is 4.51. The van der Waals surface area contributed by atoms with E-state index in [1.54, 1.807) is 0 Å². The Bertz CT molecular complexity index is 680. The minimum Gasteiger partial charge on any atom is -0.324 e. The molecule has 3 rings (SSSR count). The summed E-state index contributed by atoms with van der Waals surface area (Å²) in [4.78, 5) is 14.7. The molecule has 1 aliphatic heterocycles. The van der Waals surface area contributed by atoms with Crippen molar-refractivity contribution >= 4 is 22.4 Å². The molecule has 1 unspecified atom stereocenters. The van der Waals surface area contributed by atoms with Crippen LogP contribution in [-0.4, -0.2) is 30.4 Å². The zero-order valence-electron chi connectivity index (χ0n) is 13.4. The summed E-state index contributed by atoms with van der Waals surface area (Å²) in [6, 6.07) is 12.4. The van der Waals surface area contributed by atoms with Crippen LogP contribution in [0, 0.1) is 12.8 Å². The number of nitrogens with one attached hydrogen (secondary N) is 1. The van der Waals surface area contributed by atoms with E-state index in [1.165, 1.54) is 12.8 Å². The number of piperidine rings is 1. The first kappa shape index (κ1) is 15.0. The number of hydrogen-bond acceptors (Lipinski definition) is 2. The van der Waals surface area contributed by atoms with Gasteiger partial charge in [0.15, 0.2) is 0 Å². The average molecular weight is 296 g/mol. The Morgan fingerprint density at radius 3 is 2.91 bits per heavy atom. The average Bonchev–Trinajstić information content (AvgIpc) is 2.50. The van der Waals surface area contributed by atoms with Crippen LogP contribution in [0.1, 0.15) is 25.3 Å². The molecule has 0 aliphatic carbocycles. The molecule has 0 radical (unpaired) electrons. The van der Waals surface area contributed by atoms with Gasteiger partial charge in [-0.3, -0.25) is 9.69 Å². The van der Waals surface area contributed by atoms with Crippen molar-refractivity contribution in [2.45, 2.75) is 26.7 Å². The fraction of sp³-hybridized carbons (Fsp3) is 0.421. The molecule has 1 amide bonds. The Balaban J connectivity index is 1.75. The molecule has 116 valence electrons. The van der Waals surface area contributed by atoms with Gasteiger partial charge in [-0.05, 0) is 43.2 Å². The molecule has 22 heavy (non-hydrogen) atoms. The number of anilines is 1. The molecule has 1 heterocycles. The van der Waals surface area contributed by atoms with E-state index in [4.69, 9.17) is 0 Å². The van der Waals surface area contributed by atoms with Gasteiger partial charge in [0.25, 0.3) is 0 Å². The van der Waals surface area contributed by atoms with Gasteiger partial charge in [-0.25, -0.2) is 0 Å². The van der Waals surface area contributed by atoms with Gasteiger partial charge >= 0.3 is 0 Å². The number of nitrogens with zero attached hydrogens (tertiary/aromatic N) is 1. The third kappa shape index (κ3) is 3.30. The van der Waals surface area contributed by atoms with Crippen LogP contribution >= 0.6 is 0 Å². The van der Waals surface area contributed by atoms with Crippen LogP contribution in [0.4, 0.5) is 5.69 Å². The maximum Gasteiger partial charge on any atom is 0.238 e. The van der Waals surface area contributed by atoms with E-state index in [1.807, 2.05) is 19.1 Å². The Morgan fingerprint density at radius 1 is 1.27 bits per heavy atom. The van der Waals surface area contributed by atoms with Crippen molar-refractivity contribution < 1.29 is 4.79 Å². The number of aryl methyl sites for hydroxylation is 1. The molecule has 0 saturated carbocycles. The number of fused-ring (bicyclic) bond motifs is 1. The maximum absolute atomic E-state index is 12.4. The molecular weight excluding hydrogens is 272 g/mol. The van der Waals surface area contributed by atoms with Gasteiger partial charge in [-0.1, -0.05) is 43.3 Å². The van der Waals surface area contributed by atoms with E-state index in [2.05, 4.69) is 41.4 Å². The maximum atomic E-state index is 12.4. The van der Waals surface area contributed by atoms with Crippen LogP contribution in [0.5, 0.6) is 0 Å². The Morgan fingerprint density at radius 2 is 2.09 bits per heavy atom. The number of likely N-dealkylation sites (tertiary alicyclic amines) is 1. The molecule has 2 aromatic carbocycles. The number of rotatable bonds is 3. The van der Waals surface area contributed by atoms with E-state index >= 15 is 0 Å². The summed E-state index contributed by atoms with van der Waals surface area (Å²) in [7, 11) is 0. The molecule has 1 atom stereocenters. The van der Waals surface area contributed by atoms with Crippen molar-refractivity contribution in [3.8, 4) is 0 Å². The van der Waals surface area contributed by atoms with Crippen molar-refractivity contribution in [1.29, 1.82) is 0 Å². The summed E-state index contributed by atoms with van der Waals surface area (Å²) in [5, 5.41) is 5.41. The molecule has 2 aromatic rings. The highest BCUT2D eigenvalue weighted by Crippen LogP contribution is 2.27. The highest BCUT2D eigenvalue weighted by Gasteiger charge is 2.19. The normalized spacial score (nSPS) is 19.3. The van der Waals surface area contributed by atoms with Crippen molar-refractivity contribution in [3.63, 3.8) is 0 Å². The summed E-state index contributed by atoms with van der Waals surface area (Å²) in [5.41, 5.74) is 2.06. The minimum atomic E-state index is 0.0913. The first-order valence-electron chi connectivity index (χ1n) is 8.14. The van der Waals surface area contributed by atoms with Crippen LogP contribution in [0.2, 0.25) is 0 Å². The number of carbonyl (C=O) groups is 1. The number of benzene rings is 2. The molecule has 3 nitrogen and oxygen atoms in total. The van der Waals surface area contributed by atoms with Crippen molar-refractivity contribution in [2.75, 3.05) is 25.0 Å². The van der Waals surface area contributed by atoms with Crippen LogP contribution in [0.25, 0.3) is 10.8 Å². The molecule has 0 aromatic heterocycles. The van der Waals surface area contributed by atoms with Gasteiger partial charge in [-0.15, -0.1) is 0 Å². The van der Waals surface area contributed by atoms with Crippen LogP contribution in [0.3, 0.4) is 0 Å². The predicted octanol–water partition coefficient (Wildman–Crippen LogP) is 3.82. The quantitative estimate of drug-likeness (QED) is 0.934. The van der Waals surface area contributed by atoms with Crippen LogP contribution in [0.15, 0.2) is 36.4 Å². The van der Waals surface area contributed by atoms with E-state index in [-0.39, 0.29) is 5.91 Å². The summed E-state index contributed by atoms with van der Waals surface area (Å²) >= 11 is 0. The summed E-state index contributed by atoms with van der Waals surface area (Å²) in [6.07, 6.45) is 2.47. The van der Waals surface area contributed by atoms with Gasteiger partial charge in [0.1, 0.15) is 0 Å². The predicted molar refractivity (Wildman–Crippen MR) is 92.2 cm³/mol. The topological polar surface area (TPSA) is 32.3 Å². The standard InChI is InChI=1S/C19H24N2O/c1-14-6-5-11-21(12-14)13-18(22)20-19-15(2)9-10-16-7-3-4-8-17(16)19/h3-4,7-10,14H,5-6,11-13H2,1-2H3,(H,20,22). The van der Waals surface area contributed by atoms with Gasteiger partial charge in [-0.2, -0.15) is 0 Å². The molecule has 1 N–H and O–H groups in total. The van der Waals surface area contributed by atoms with Crippen LogP contribution < -0.4 is 5.32 Å². The van der Waals surface area contributed by atoms with Crippen molar-refractivity contribution in [3.05, 3.63) is 42.0 Å². The molecular formula is C19H24N2O. The first-order valence-corrected chi connectivity index (χ1v) is 8.14. The van der Waals surface area contributed by atoms with Gasteiger partial charge in [0.05, 0.1) is 12.2 Å². The highest BCUT2D eigenvalue weighted by molar-refractivity contribution is 6.03. The summed E-state index contributed by atoms with van der Waals surface area (Å²) in [6.45, 7) is 6.87. The lowest BCUT2D eigenvalue weighted by molar-refractivity contribution is -0.117. The van der Waals surface area contributed by atoms with Gasteiger partial charge in [0.2, 0.25) is 5.91 Å². The molecule has 3 heteroatoms. The Labute approximate surface area is 132 Å². The van der Waals surface area contributed by atoms with E-state index in [0.29, 0.717) is 12.5 Å². The minimum absolute atomic E-state index is 0.0913. The van der Waals surface area contributed by atoms with Crippen LogP contribution in [-0.2, 0) is 4.79 Å². The molecule has 0 bridgehead atoms. The summed E-state index contributed by atoms with van der Waals surface area (Å²) in [5.74, 6) is 0.786. The fourth-order valence-electron chi connectivity index (χ4n) is 3.36. The third-order valence-corrected chi connectivity index (χ3v) is 4.51. The van der Waals surface area contributed by atoms with Crippen molar-refractivity contribution in [2.24, 2.45) is 5.92 Å². The Hall–Kier alpha value is -1.87. The number of carbonyl (C=O) groups excluding carboxylic acids is 1. The van der Waals surface area contributed by atoms with E-state index < -0.39 is 0 Å². The first-order chi connectivity index (χ1) is 10.6. The monoisotopic (exact) mass is 296 g/mol. The van der Waals surface area contributed by atoms with Gasteiger partial charge < -0.3 is 5.32 Å². The zero-order valence-corrected chi connectivity index (χ0v) is 13.4.